The van der Waals surface area contributed by atoms with Gasteiger partial charge in [0.15, 0.2) is 0 Å². The van der Waals surface area contributed by atoms with E-state index in [0.717, 1.165) is 38.8 Å². The van der Waals surface area contributed by atoms with E-state index in [1.165, 1.54) is 21.8 Å². The third-order valence-electron chi connectivity index (χ3n) is 4.33. The van der Waals surface area contributed by atoms with Crippen LogP contribution in [0, 0.1) is 0 Å². The molecule has 2 heterocycles. The fourth-order valence-corrected chi connectivity index (χ4v) is 4.84. The van der Waals surface area contributed by atoms with Crippen LogP contribution in [0.25, 0.3) is 0 Å². The van der Waals surface area contributed by atoms with Crippen molar-refractivity contribution in [2.75, 3.05) is 39.4 Å². The van der Waals surface area contributed by atoms with Crippen molar-refractivity contribution < 1.29 is 19.1 Å². The summed E-state index contributed by atoms with van der Waals surface area (Å²) in [4.78, 5) is 31.6. The number of carbonyl (C=O) groups excluding carboxylic acids is 2. The molecule has 10 nitrogen and oxygen atoms in total. The van der Waals surface area contributed by atoms with Gasteiger partial charge < -0.3 is 9.47 Å². The summed E-state index contributed by atoms with van der Waals surface area (Å²) in [5.74, 6) is 0. The summed E-state index contributed by atoms with van der Waals surface area (Å²) in [5.41, 5.74) is 0. The second-order valence-corrected chi connectivity index (χ2v) is 9.11. The Hall–Kier alpha value is -2.02. The molecule has 0 aromatic carbocycles. The third kappa shape index (κ3) is 10.1. The Kier molecular flexibility index (Phi) is 12.9. The topological polar surface area (TPSA) is 94.7 Å². The standard InChI is InChI=1S/C20H32N6O4S2/c1-3-5-9-25(13-15-29-19(27)23-11-7-21-17-23)31-32-26(10-6-4-2)14-16-30-20(28)24-12-8-22-18-24/h7-8,11-12,17-18H,3-6,9-10,13-16H2,1-2H3. The lowest BCUT2D eigenvalue weighted by Crippen LogP contribution is -2.27. The van der Waals surface area contributed by atoms with Crippen LogP contribution in [0.2, 0.25) is 0 Å². The zero-order valence-electron chi connectivity index (χ0n) is 18.7. The third-order valence-corrected chi connectivity index (χ3v) is 7.01. The van der Waals surface area contributed by atoms with Crippen LogP contribution >= 0.6 is 22.0 Å². The van der Waals surface area contributed by atoms with E-state index >= 15 is 0 Å². The van der Waals surface area contributed by atoms with E-state index in [0.29, 0.717) is 26.3 Å². The van der Waals surface area contributed by atoms with Gasteiger partial charge in [0, 0.05) is 72.9 Å². The monoisotopic (exact) mass is 484 g/mol. The Balaban J connectivity index is 1.76. The molecule has 0 aliphatic carbocycles. The zero-order valence-corrected chi connectivity index (χ0v) is 20.3. The number of ether oxygens (including phenoxy) is 2. The van der Waals surface area contributed by atoms with Crippen molar-refractivity contribution in [2.24, 2.45) is 0 Å². The average molecular weight is 485 g/mol. The van der Waals surface area contributed by atoms with Crippen LogP contribution in [0.4, 0.5) is 9.59 Å². The molecule has 0 N–H and O–H groups in total. The highest BCUT2D eigenvalue weighted by Gasteiger charge is 2.14. The van der Waals surface area contributed by atoms with E-state index < -0.39 is 12.2 Å². The molecule has 0 saturated carbocycles. The Morgan fingerprint density at radius 2 is 1.22 bits per heavy atom. The number of imidazole rings is 2. The van der Waals surface area contributed by atoms with Crippen molar-refractivity contribution in [3.63, 3.8) is 0 Å². The molecule has 12 heteroatoms. The maximum atomic E-state index is 12.0. The fraction of sp³-hybridized carbons (Fsp3) is 0.600. The van der Waals surface area contributed by atoms with Crippen LogP contribution in [0.15, 0.2) is 37.4 Å². The first kappa shape index (κ1) is 26.2. The molecule has 0 saturated heterocycles. The van der Waals surface area contributed by atoms with E-state index in [2.05, 4.69) is 32.4 Å². The minimum absolute atomic E-state index is 0.297. The molecule has 2 rings (SSSR count). The molecule has 0 amide bonds. The van der Waals surface area contributed by atoms with Crippen molar-refractivity contribution >= 4 is 34.1 Å². The second-order valence-electron chi connectivity index (χ2n) is 6.88. The summed E-state index contributed by atoms with van der Waals surface area (Å²) in [6.07, 6.45) is 12.5. The molecule has 0 aliphatic heterocycles. The predicted octanol–water partition coefficient (Wildman–Crippen LogP) is 4.16. The Bertz CT molecular complexity index is 696. The van der Waals surface area contributed by atoms with E-state index in [9.17, 15) is 9.59 Å². The molecule has 32 heavy (non-hydrogen) atoms. The summed E-state index contributed by atoms with van der Waals surface area (Å²) in [7, 11) is 3.27. The number of aromatic nitrogens is 4. The van der Waals surface area contributed by atoms with Crippen molar-refractivity contribution in [2.45, 2.75) is 39.5 Å². The van der Waals surface area contributed by atoms with Crippen LogP contribution in [-0.4, -0.2) is 79.3 Å². The highest BCUT2D eigenvalue weighted by molar-refractivity contribution is 8.74. The number of rotatable bonds is 15. The molecule has 0 unspecified atom stereocenters. The largest absolute Gasteiger partial charge is 0.447 e. The summed E-state index contributed by atoms with van der Waals surface area (Å²) >= 11 is 0. The minimum Gasteiger partial charge on any atom is -0.447 e. The van der Waals surface area contributed by atoms with Crippen LogP contribution in [0.5, 0.6) is 0 Å². The Morgan fingerprint density at radius 3 is 1.56 bits per heavy atom. The first-order chi connectivity index (χ1) is 15.6. The van der Waals surface area contributed by atoms with Crippen LogP contribution in [0.3, 0.4) is 0 Å². The number of hydrogen-bond acceptors (Lipinski definition) is 10. The SMILES string of the molecule is CCCCN(CCOC(=O)n1ccnc1)SSN(CCCC)CCOC(=O)n1ccnc1. The first-order valence-corrected chi connectivity index (χ1v) is 12.8. The number of nitrogens with zero attached hydrogens (tertiary/aromatic N) is 6. The normalized spacial score (nSPS) is 11.2. The summed E-state index contributed by atoms with van der Waals surface area (Å²) in [6, 6.07) is 0. The Labute approximate surface area is 197 Å². The maximum Gasteiger partial charge on any atom is 0.419 e. The molecular weight excluding hydrogens is 452 g/mol. The van der Waals surface area contributed by atoms with Gasteiger partial charge >= 0.3 is 12.2 Å². The fourth-order valence-electron chi connectivity index (χ4n) is 2.49. The van der Waals surface area contributed by atoms with Crippen LogP contribution in [0.1, 0.15) is 39.5 Å². The van der Waals surface area contributed by atoms with Crippen LogP contribution in [-0.2, 0) is 9.47 Å². The van der Waals surface area contributed by atoms with Gasteiger partial charge in [-0.2, -0.15) is 0 Å². The molecule has 0 radical (unpaired) electrons. The molecule has 0 fully saturated rings. The number of carbonyl (C=O) groups is 2. The molecule has 178 valence electrons. The lowest BCUT2D eigenvalue weighted by atomic mass is 10.3. The zero-order chi connectivity index (χ0) is 23.0. The van der Waals surface area contributed by atoms with E-state index in [-0.39, 0.29) is 0 Å². The first-order valence-electron chi connectivity index (χ1n) is 10.8. The molecule has 0 atom stereocenters. The van der Waals surface area contributed by atoms with Crippen molar-refractivity contribution in [3.05, 3.63) is 37.4 Å². The summed E-state index contributed by atoms with van der Waals surface area (Å²) in [6.45, 7) is 7.93. The lowest BCUT2D eigenvalue weighted by molar-refractivity contribution is 0.141. The lowest BCUT2D eigenvalue weighted by Gasteiger charge is -2.25. The van der Waals surface area contributed by atoms with E-state index in [1.807, 2.05) is 0 Å². The van der Waals surface area contributed by atoms with Gasteiger partial charge in [0.1, 0.15) is 25.9 Å². The van der Waals surface area contributed by atoms with Crippen molar-refractivity contribution in [1.29, 1.82) is 0 Å². The number of unbranched alkanes of at least 4 members (excludes halogenated alkanes) is 2. The highest BCUT2D eigenvalue weighted by atomic mass is 33.1. The maximum absolute atomic E-state index is 12.0. The Morgan fingerprint density at radius 1 is 0.781 bits per heavy atom. The van der Waals surface area contributed by atoms with Gasteiger partial charge in [-0.05, 0) is 12.8 Å². The predicted molar refractivity (Wildman–Crippen MR) is 126 cm³/mol. The van der Waals surface area contributed by atoms with Gasteiger partial charge in [-0.15, -0.1) is 0 Å². The molecule has 0 aliphatic rings. The summed E-state index contributed by atoms with van der Waals surface area (Å²) < 4.78 is 17.7. The van der Waals surface area contributed by atoms with Crippen molar-refractivity contribution in [3.8, 4) is 0 Å². The van der Waals surface area contributed by atoms with Gasteiger partial charge in [0.25, 0.3) is 0 Å². The quantitative estimate of drug-likeness (QED) is 0.271. The molecule has 0 bridgehead atoms. The molecule has 0 spiro atoms. The van der Waals surface area contributed by atoms with Crippen molar-refractivity contribution in [1.82, 2.24) is 27.7 Å². The molecule has 2 aromatic heterocycles. The van der Waals surface area contributed by atoms with Gasteiger partial charge in [-0.3, -0.25) is 0 Å². The molecular formula is C20H32N6O4S2. The van der Waals surface area contributed by atoms with Gasteiger partial charge in [-0.25, -0.2) is 37.3 Å². The van der Waals surface area contributed by atoms with Gasteiger partial charge in [0.2, 0.25) is 0 Å². The summed E-state index contributed by atoms with van der Waals surface area (Å²) in [5, 5.41) is 0. The number of hydrogen-bond donors (Lipinski definition) is 0. The smallest absolute Gasteiger partial charge is 0.419 e. The van der Waals surface area contributed by atoms with Gasteiger partial charge in [-0.1, -0.05) is 26.7 Å². The highest BCUT2D eigenvalue weighted by Crippen LogP contribution is 2.30. The van der Waals surface area contributed by atoms with Gasteiger partial charge in [0.05, 0.1) is 0 Å². The average Bonchev–Trinajstić information content (AvgIpc) is 3.52. The van der Waals surface area contributed by atoms with E-state index in [1.54, 1.807) is 46.7 Å². The molecule has 2 aromatic rings. The minimum atomic E-state index is -0.431. The second kappa shape index (κ2) is 15.7. The van der Waals surface area contributed by atoms with E-state index in [4.69, 9.17) is 9.47 Å². The van der Waals surface area contributed by atoms with Crippen LogP contribution < -0.4 is 0 Å².